The smallest absolute Gasteiger partial charge is 0.0630 e. The molecule has 68 valence electrons. The van der Waals surface area contributed by atoms with Gasteiger partial charge in [0.2, 0.25) is 0 Å². The largest absolute Gasteiger partial charge is 0.344 e. The molecule has 1 nitrogen and oxygen atoms in total. The molecule has 0 saturated heterocycles. The van der Waals surface area contributed by atoms with Gasteiger partial charge in [-0.2, -0.15) is 0 Å². The fourth-order valence-electron chi connectivity index (χ4n) is 1.83. The van der Waals surface area contributed by atoms with Gasteiger partial charge in [-0.05, 0) is 12.1 Å². The third-order valence-electron chi connectivity index (χ3n) is 2.53. The third kappa shape index (κ3) is 0.841. The normalized spacial score (nSPS) is 15.2. The summed E-state index contributed by atoms with van der Waals surface area (Å²) in [6.45, 7) is 0. The molecular weight excluding hydrogens is 170 g/mol. The van der Waals surface area contributed by atoms with Crippen LogP contribution in [0.25, 0.3) is 21.8 Å². The van der Waals surface area contributed by atoms with Crippen LogP contribution in [0.1, 0.15) is 5.48 Å². The van der Waals surface area contributed by atoms with Crippen molar-refractivity contribution in [3.05, 3.63) is 48.4 Å². The van der Waals surface area contributed by atoms with Gasteiger partial charge in [0.1, 0.15) is 0 Å². The maximum absolute atomic E-state index is 8.01. The van der Waals surface area contributed by atoms with Crippen molar-refractivity contribution >= 4 is 21.8 Å². The Morgan fingerprint density at radius 1 is 1.00 bits per heavy atom. The lowest BCUT2D eigenvalue weighted by atomic mass is 10.2. The average Bonchev–Trinajstić information content (AvgIpc) is 2.64. The highest BCUT2D eigenvalue weighted by molar-refractivity contribution is 6.07. The molecule has 0 aliphatic carbocycles. The highest BCUT2D eigenvalue weighted by atomic mass is 14.9. The number of aromatic nitrogens is 1. The van der Waals surface area contributed by atoms with Crippen LogP contribution in [0.3, 0.4) is 0 Å². The highest BCUT2D eigenvalue weighted by Crippen LogP contribution is 2.26. The molecule has 0 aliphatic rings. The van der Waals surface area contributed by atoms with Gasteiger partial charge in [-0.3, -0.25) is 0 Å². The summed E-state index contributed by atoms with van der Waals surface area (Å²) in [5.74, 6) is 0. The highest BCUT2D eigenvalue weighted by Gasteiger charge is 2.04. The lowest BCUT2D eigenvalue weighted by Crippen LogP contribution is -1.84. The molecule has 3 aromatic rings. The van der Waals surface area contributed by atoms with E-state index in [0.29, 0.717) is 10.8 Å². The number of benzene rings is 2. The Labute approximate surface area is 88.2 Å². The van der Waals surface area contributed by atoms with Gasteiger partial charge >= 0.3 is 0 Å². The summed E-state index contributed by atoms with van der Waals surface area (Å²) in [6.07, 6.45) is 0. The summed E-state index contributed by atoms with van der Waals surface area (Å²) in [6, 6.07) is 7.30. The lowest BCUT2D eigenvalue weighted by molar-refractivity contribution is 1.01. The number of nitrogens with zero attached hydrogens (tertiary/aromatic N) is 1. The maximum Gasteiger partial charge on any atom is 0.0630 e. The molecule has 0 bridgehead atoms. The summed E-state index contributed by atoms with van der Waals surface area (Å²) in [5.41, 5.74) is 1.65. The zero-order valence-electron chi connectivity index (χ0n) is 11.8. The Morgan fingerprint density at radius 3 is 2.00 bits per heavy atom. The van der Waals surface area contributed by atoms with Gasteiger partial charge in [0.15, 0.2) is 0 Å². The second-order valence-electron chi connectivity index (χ2n) is 3.28. The standard InChI is InChI=1S/C13H11N/c1-14-12-8-4-2-6-10(12)11-7-3-5-9-13(11)14/h2-9H,1H3/i2D,3D,6D,7D. The van der Waals surface area contributed by atoms with E-state index < -0.39 is 0 Å². The van der Waals surface area contributed by atoms with E-state index in [0.717, 1.165) is 11.0 Å². The molecule has 0 fully saturated rings. The molecule has 0 saturated carbocycles. The Balaban J connectivity index is 2.71. The summed E-state index contributed by atoms with van der Waals surface area (Å²) in [5, 5.41) is 1.19. The van der Waals surface area contributed by atoms with Crippen LogP contribution < -0.4 is 0 Å². The van der Waals surface area contributed by atoms with Crippen molar-refractivity contribution in [2.24, 2.45) is 7.05 Å². The van der Waals surface area contributed by atoms with Crippen LogP contribution in [0.5, 0.6) is 0 Å². The fraction of sp³-hybridized carbons (Fsp3) is 0.0769. The first-order valence-corrected chi connectivity index (χ1v) is 4.47. The number of aryl methyl sites for hydroxylation is 1. The van der Waals surface area contributed by atoms with Crippen LogP contribution in [0.2, 0.25) is 0 Å². The zero-order chi connectivity index (χ0) is 13.0. The number of hydrogen-bond donors (Lipinski definition) is 0. The van der Waals surface area contributed by atoms with Gasteiger partial charge in [0, 0.05) is 28.9 Å². The topological polar surface area (TPSA) is 4.93 Å². The van der Waals surface area contributed by atoms with Crippen LogP contribution in [-0.4, -0.2) is 4.57 Å². The Morgan fingerprint density at radius 2 is 1.50 bits per heavy atom. The number of para-hydroxylation sites is 2. The van der Waals surface area contributed by atoms with Gasteiger partial charge < -0.3 is 4.57 Å². The minimum absolute atomic E-state index is 0.122. The first-order valence-electron chi connectivity index (χ1n) is 6.47. The van der Waals surface area contributed by atoms with Crippen LogP contribution >= 0.6 is 0 Å². The predicted octanol–water partition coefficient (Wildman–Crippen LogP) is 3.33. The average molecular weight is 185 g/mol. The van der Waals surface area contributed by atoms with Crippen molar-refractivity contribution in [3.63, 3.8) is 0 Å². The van der Waals surface area contributed by atoms with Gasteiger partial charge in [-0.15, -0.1) is 0 Å². The van der Waals surface area contributed by atoms with E-state index in [1.54, 1.807) is 24.3 Å². The van der Waals surface area contributed by atoms with E-state index in [-0.39, 0.29) is 24.2 Å². The Hall–Kier alpha value is -1.76. The number of fused-ring (bicyclic) bond motifs is 3. The molecule has 0 amide bonds. The van der Waals surface area contributed by atoms with E-state index >= 15 is 0 Å². The van der Waals surface area contributed by atoms with E-state index in [4.69, 9.17) is 5.48 Å². The molecule has 2 aromatic carbocycles. The minimum Gasteiger partial charge on any atom is -0.344 e. The molecule has 1 aromatic heterocycles. The lowest BCUT2D eigenvalue weighted by Gasteiger charge is -1.95. The van der Waals surface area contributed by atoms with Crippen molar-refractivity contribution < 1.29 is 5.48 Å². The number of hydrogen-bond acceptors (Lipinski definition) is 0. The van der Waals surface area contributed by atoms with Crippen molar-refractivity contribution in [1.29, 1.82) is 0 Å². The zero-order valence-corrected chi connectivity index (χ0v) is 7.76. The molecule has 1 heterocycles. The molecular formula is C13H11N. The van der Waals surface area contributed by atoms with Crippen molar-refractivity contribution in [2.75, 3.05) is 0 Å². The quantitative estimate of drug-likeness (QED) is 0.506. The first kappa shape index (κ1) is 4.65. The van der Waals surface area contributed by atoms with Crippen LogP contribution in [-0.2, 0) is 7.05 Å². The molecule has 14 heavy (non-hydrogen) atoms. The molecule has 3 rings (SSSR count). The molecule has 0 atom stereocenters. The summed E-state index contributed by atoms with van der Waals surface area (Å²) >= 11 is 0. The predicted molar refractivity (Wildman–Crippen MR) is 60.4 cm³/mol. The van der Waals surface area contributed by atoms with Gasteiger partial charge in [0.25, 0.3) is 0 Å². The molecule has 0 aliphatic heterocycles. The van der Waals surface area contributed by atoms with Crippen molar-refractivity contribution in [1.82, 2.24) is 4.57 Å². The van der Waals surface area contributed by atoms with E-state index in [9.17, 15) is 0 Å². The second kappa shape index (κ2) is 2.61. The van der Waals surface area contributed by atoms with Crippen molar-refractivity contribution in [3.8, 4) is 0 Å². The molecule has 0 radical (unpaired) electrons. The molecule has 0 unspecified atom stereocenters. The van der Waals surface area contributed by atoms with E-state index in [1.807, 2.05) is 11.6 Å². The molecule has 0 spiro atoms. The number of rotatable bonds is 0. The SMILES string of the molecule is [2H]c1ccc2c(c1[2H])c1c([2H])c([2H])ccc1n2C. The van der Waals surface area contributed by atoms with Gasteiger partial charge in [-0.25, -0.2) is 0 Å². The first-order chi connectivity index (χ1) is 8.52. The Kier molecular flexibility index (Phi) is 0.867. The van der Waals surface area contributed by atoms with Gasteiger partial charge in [-0.1, -0.05) is 36.3 Å². The summed E-state index contributed by atoms with van der Waals surface area (Å²) < 4.78 is 33.3. The summed E-state index contributed by atoms with van der Waals surface area (Å²) in [4.78, 5) is 0. The Bertz CT molecular complexity index is 724. The second-order valence-corrected chi connectivity index (χ2v) is 3.28. The van der Waals surface area contributed by atoms with Crippen molar-refractivity contribution in [2.45, 2.75) is 0 Å². The molecule has 1 heteroatoms. The third-order valence-corrected chi connectivity index (χ3v) is 2.53. The van der Waals surface area contributed by atoms with Crippen LogP contribution in [0.15, 0.2) is 48.4 Å². The van der Waals surface area contributed by atoms with Crippen LogP contribution in [0.4, 0.5) is 0 Å². The molecule has 0 N–H and O–H groups in total. The maximum atomic E-state index is 8.01. The fourth-order valence-corrected chi connectivity index (χ4v) is 1.83. The minimum atomic E-state index is 0.122. The van der Waals surface area contributed by atoms with E-state index in [1.165, 1.54) is 0 Å². The van der Waals surface area contributed by atoms with E-state index in [2.05, 4.69) is 0 Å². The monoisotopic (exact) mass is 185 g/mol. The van der Waals surface area contributed by atoms with Gasteiger partial charge in [0.05, 0.1) is 5.48 Å². The van der Waals surface area contributed by atoms with Crippen LogP contribution in [0, 0.1) is 0 Å². The summed E-state index contributed by atoms with van der Waals surface area (Å²) in [7, 11) is 1.87.